The van der Waals surface area contributed by atoms with Gasteiger partial charge in [-0.15, -0.1) is 0 Å². The highest BCUT2D eigenvalue weighted by atomic mass is 19.4. The Balaban J connectivity index is 1.25. The molecule has 202 valence electrons. The number of benzene rings is 2. The fourth-order valence-electron chi connectivity index (χ4n) is 4.73. The molecule has 6 rings (SSSR count). The number of alkyl halides is 3. The van der Waals surface area contributed by atoms with Crippen molar-refractivity contribution in [1.82, 2.24) is 20.2 Å². The standard InChI is InChI=1S/C28H21F4N7O/c29-20-5-6-23-17(9-20)7-8-39(23)27(40)22-11-19(28(30,31)32)14-36-25(22)34-12-15-1-3-16(4-2-15)18-10-21-24(33)37-38-26(21)35-13-18/h1-6,9-11,13-14H,7-8,12H2,(H,34,36)(H3,33,35,37,38). The molecular weight excluding hydrogens is 526 g/mol. The molecular formula is C28H21F4N7O. The Morgan fingerprint density at radius 1 is 1.02 bits per heavy atom. The summed E-state index contributed by atoms with van der Waals surface area (Å²) in [4.78, 5) is 23.1. The summed E-state index contributed by atoms with van der Waals surface area (Å²) in [6, 6.07) is 14.1. The molecule has 40 heavy (non-hydrogen) atoms. The summed E-state index contributed by atoms with van der Waals surface area (Å²) >= 11 is 0. The highest BCUT2D eigenvalue weighted by Crippen LogP contribution is 2.34. The first-order valence-electron chi connectivity index (χ1n) is 12.3. The highest BCUT2D eigenvalue weighted by Gasteiger charge is 2.34. The molecule has 4 heterocycles. The third kappa shape index (κ3) is 4.68. The van der Waals surface area contributed by atoms with Crippen LogP contribution in [0.15, 0.2) is 67.0 Å². The summed E-state index contributed by atoms with van der Waals surface area (Å²) in [5.41, 5.74) is 8.77. The Hall–Kier alpha value is -5.00. The van der Waals surface area contributed by atoms with Gasteiger partial charge >= 0.3 is 6.18 Å². The van der Waals surface area contributed by atoms with Gasteiger partial charge in [-0.25, -0.2) is 14.4 Å². The average molecular weight is 548 g/mol. The fourth-order valence-corrected chi connectivity index (χ4v) is 4.73. The summed E-state index contributed by atoms with van der Waals surface area (Å²) in [6.45, 7) is 0.423. The van der Waals surface area contributed by atoms with Gasteiger partial charge in [-0.1, -0.05) is 24.3 Å². The third-order valence-electron chi connectivity index (χ3n) is 6.81. The van der Waals surface area contributed by atoms with Gasteiger partial charge in [-0.2, -0.15) is 18.3 Å². The van der Waals surface area contributed by atoms with Crippen LogP contribution in [0.1, 0.15) is 27.0 Å². The molecule has 0 atom stereocenters. The van der Waals surface area contributed by atoms with Crippen molar-refractivity contribution < 1.29 is 22.4 Å². The van der Waals surface area contributed by atoms with Crippen LogP contribution in [-0.2, 0) is 19.1 Å². The summed E-state index contributed by atoms with van der Waals surface area (Å²) < 4.78 is 54.1. The van der Waals surface area contributed by atoms with Crippen LogP contribution in [0.2, 0.25) is 0 Å². The largest absolute Gasteiger partial charge is 0.417 e. The molecule has 1 amide bonds. The van der Waals surface area contributed by atoms with E-state index >= 15 is 0 Å². The number of nitrogens with two attached hydrogens (primary N) is 1. The Kier molecular flexibility index (Phi) is 6.09. The summed E-state index contributed by atoms with van der Waals surface area (Å²) in [6.07, 6.45) is -1.90. The number of nitrogens with one attached hydrogen (secondary N) is 2. The molecule has 8 nitrogen and oxygen atoms in total. The minimum Gasteiger partial charge on any atom is -0.384 e. The SMILES string of the molecule is Nc1[nH]nc2ncc(-c3ccc(CNc4ncc(C(F)(F)F)cc4C(=O)N4CCc5cc(F)ccc54)cc3)cc12. The van der Waals surface area contributed by atoms with Gasteiger partial charge in [0.15, 0.2) is 5.65 Å². The number of anilines is 3. The van der Waals surface area contributed by atoms with Crippen molar-refractivity contribution in [3.8, 4) is 11.1 Å². The van der Waals surface area contributed by atoms with E-state index in [2.05, 4.69) is 25.5 Å². The molecule has 1 aliphatic rings. The lowest BCUT2D eigenvalue weighted by Crippen LogP contribution is -2.30. The van der Waals surface area contributed by atoms with Gasteiger partial charge < -0.3 is 16.0 Å². The van der Waals surface area contributed by atoms with Crippen LogP contribution >= 0.6 is 0 Å². The van der Waals surface area contributed by atoms with E-state index in [-0.39, 0.29) is 24.5 Å². The third-order valence-corrected chi connectivity index (χ3v) is 6.81. The van der Waals surface area contributed by atoms with Gasteiger partial charge in [0.05, 0.1) is 16.5 Å². The summed E-state index contributed by atoms with van der Waals surface area (Å²) in [5.74, 6) is -0.653. The number of aromatic nitrogens is 4. The zero-order valence-corrected chi connectivity index (χ0v) is 20.8. The first-order valence-corrected chi connectivity index (χ1v) is 12.3. The molecule has 3 aromatic heterocycles. The Morgan fingerprint density at radius 3 is 2.60 bits per heavy atom. The molecule has 0 unspecified atom stereocenters. The molecule has 5 aromatic rings. The molecule has 2 aromatic carbocycles. The van der Waals surface area contributed by atoms with Gasteiger partial charge in [-0.05, 0) is 53.4 Å². The number of carbonyl (C=O) groups is 1. The molecule has 0 aliphatic carbocycles. The number of amides is 1. The fraction of sp³-hybridized carbons (Fsp3) is 0.143. The number of hydrogen-bond acceptors (Lipinski definition) is 6. The van der Waals surface area contributed by atoms with Gasteiger partial charge in [-0.3, -0.25) is 9.89 Å². The van der Waals surface area contributed by atoms with Crippen molar-refractivity contribution in [1.29, 1.82) is 0 Å². The van der Waals surface area contributed by atoms with Gasteiger partial charge in [0.1, 0.15) is 17.5 Å². The van der Waals surface area contributed by atoms with Crippen molar-refractivity contribution in [2.75, 3.05) is 22.5 Å². The van der Waals surface area contributed by atoms with Crippen LogP contribution < -0.4 is 16.0 Å². The van der Waals surface area contributed by atoms with Gasteiger partial charge in [0, 0.05) is 36.7 Å². The van der Waals surface area contributed by atoms with Crippen molar-refractivity contribution in [2.24, 2.45) is 0 Å². The second-order valence-corrected chi connectivity index (χ2v) is 9.38. The van der Waals surface area contributed by atoms with E-state index in [0.29, 0.717) is 40.7 Å². The number of hydrogen-bond donors (Lipinski definition) is 3. The number of halogens is 4. The van der Waals surface area contributed by atoms with E-state index < -0.39 is 23.5 Å². The van der Waals surface area contributed by atoms with E-state index in [1.54, 1.807) is 6.20 Å². The van der Waals surface area contributed by atoms with Crippen molar-refractivity contribution in [3.63, 3.8) is 0 Å². The number of nitrogen functional groups attached to an aromatic ring is 1. The van der Waals surface area contributed by atoms with E-state index in [1.807, 2.05) is 30.3 Å². The Morgan fingerprint density at radius 2 is 1.82 bits per heavy atom. The maximum atomic E-state index is 13.6. The van der Waals surface area contributed by atoms with E-state index in [0.717, 1.165) is 22.8 Å². The number of aromatic amines is 1. The van der Waals surface area contributed by atoms with Crippen molar-refractivity contribution >= 4 is 34.3 Å². The van der Waals surface area contributed by atoms with E-state index in [4.69, 9.17) is 5.73 Å². The smallest absolute Gasteiger partial charge is 0.384 e. The van der Waals surface area contributed by atoms with E-state index in [9.17, 15) is 22.4 Å². The first kappa shape index (κ1) is 25.3. The second-order valence-electron chi connectivity index (χ2n) is 9.38. The monoisotopic (exact) mass is 547 g/mol. The molecule has 0 radical (unpaired) electrons. The lowest BCUT2D eigenvalue weighted by Gasteiger charge is -2.20. The molecule has 0 fully saturated rings. The van der Waals surface area contributed by atoms with Crippen LogP contribution in [-0.4, -0.2) is 32.6 Å². The lowest BCUT2D eigenvalue weighted by molar-refractivity contribution is -0.137. The molecule has 0 saturated heterocycles. The zero-order valence-electron chi connectivity index (χ0n) is 20.8. The molecule has 0 saturated carbocycles. The average Bonchev–Trinajstić information content (AvgIpc) is 3.54. The topological polar surface area (TPSA) is 113 Å². The minimum atomic E-state index is -4.68. The molecule has 4 N–H and O–H groups in total. The number of H-pyrrole nitrogens is 1. The predicted molar refractivity (Wildman–Crippen MR) is 142 cm³/mol. The number of fused-ring (bicyclic) bond motifs is 2. The van der Waals surface area contributed by atoms with Gasteiger partial charge in [0.25, 0.3) is 5.91 Å². The number of nitrogens with zero attached hydrogens (tertiary/aromatic N) is 4. The molecule has 1 aliphatic heterocycles. The normalized spacial score (nSPS) is 13.1. The van der Waals surface area contributed by atoms with Gasteiger partial charge in [0.2, 0.25) is 0 Å². The van der Waals surface area contributed by atoms with Crippen molar-refractivity contribution in [3.05, 3.63) is 95.1 Å². The quantitative estimate of drug-likeness (QED) is 0.248. The second kappa shape index (κ2) is 9.63. The molecule has 12 heteroatoms. The van der Waals surface area contributed by atoms with Crippen LogP contribution in [0, 0.1) is 5.82 Å². The minimum absolute atomic E-state index is 0.0164. The first-order chi connectivity index (χ1) is 19.2. The number of carbonyl (C=O) groups excluding carboxylic acids is 1. The maximum Gasteiger partial charge on any atom is 0.417 e. The Labute approximate surface area is 224 Å². The van der Waals surface area contributed by atoms with Crippen LogP contribution in [0.25, 0.3) is 22.2 Å². The predicted octanol–water partition coefficient (Wildman–Crippen LogP) is 5.58. The van der Waals surface area contributed by atoms with Crippen LogP contribution in [0.5, 0.6) is 0 Å². The maximum absolute atomic E-state index is 13.6. The molecule has 0 bridgehead atoms. The van der Waals surface area contributed by atoms with E-state index in [1.165, 1.54) is 23.1 Å². The Bertz CT molecular complexity index is 1750. The van der Waals surface area contributed by atoms with Crippen molar-refractivity contribution in [2.45, 2.75) is 19.1 Å². The molecule has 0 spiro atoms. The number of pyridine rings is 2. The lowest BCUT2D eigenvalue weighted by atomic mass is 10.0. The number of rotatable bonds is 5. The summed E-state index contributed by atoms with van der Waals surface area (Å²) in [5, 5.41) is 10.4. The highest BCUT2D eigenvalue weighted by molar-refractivity contribution is 6.10. The zero-order chi connectivity index (χ0) is 28.0. The van der Waals surface area contributed by atoms with Crippen LogP contribution in [0.3, 0.4) is 0 Å². The summed E-state index contributed by atoms with van der Waals surface area (Å²) in [7, 11) is 0. The van der Waals surface area contributed by atoms with Crippen LogP contribution in [0.4, 0.5) is 34.9 Å².